The summed E-state index contributed by atoms with van der Waals surface area (Å²) in [7, 11) is -3.60. The fraction of sp³-hybridized carbons (Fsp3) is 0.286. The molecule has 0 aliphatic carbocycles. The van der Waals surface area contributed by atoms with Crippen LogP contribution in [0.1, 0.15) is 23.4 Å². The SMILES string of the molecule is CC(NCCc1ccc(S(N)(=O)=O)cc1)c1cccs1. The van der Waals surface area contributed by atoms with Crippen molar-refractivity contribution in [3.8, 4) is 0 Å². The monoisotopic (exact) mass is 310 g/mol. The van der Waals surface area contributed by atoms with Crippen LogP contribution in [0.3, 0.4) is 0 Å². The Morgan fingerprint density at radius 3 is 2.50 bits per heavy atom. The second kappa shape index (κ2) is 6.49. The van der Waals surface area contributed by atoms with Crippen molar-refractivity contribution in [2.24, 2.45) is 5.14 Å². The van der Waals surface area contributed by atoms with Gasteiger partial charge in [-0.3, -0.25) is 0 Å². The molecule has 0 amide bonds. The van der Waals surface area contributed by atoms with Gasteiger partial charge >= 0.3 is 0 Å². The van der Waals surface area contributed by atoms with E-state index >= 15 is 0 Å². The van der Waals surface area contributed by atoms with Crippen molar-refractivity contribution in [3.05, 3.63) is 52.2 Å². The highest BCUT2D eigenvalue weighted by atomic mass is 32.2. The van der Waals surface area contributed by atoms with Gasteiger partial charge in [0.1, 0.15) is 0 Å². The summed E-state index contributed by atoms with van der Waals surface area (Å²) in [5.41, 5.74) is 1.09. The van der Waals surface area contributed by atoms with Crippen LogP contribution in [0.25, 0.3) is 0 Å². The average molecular weight is 310 g/mol. The fourth-order valence-corrected chi connectivity index (χ4v) is 3.19. The summed E-state index contributed by atoms with van der Waals surface area (Å²) in [6.07, 6.45) is 0.848. The van der Waals surface area contributed by atoms with Crippen LogP contribution in [-0.2, 0) is 16.4 Å². The van der Waals surface area contributed by atoms with E-state index in [1.165, 1.54) is 4.88 Å². The first-order valence-corrected chi connectivity index (χ1v) is 8.78. The van der Waals surface area contributed by atoms with E-state index in [0.29, 0.717) is 6.04 Å². The molecule has 4 nitrogen and oxygen atoms in total. The minimum absolute atomic E-state index is 0.154. The summed E-state index contributed by atoms with van der Waals surface area (Å²) in [6, 6.07) is 11.2. The molecule has 0 radical (unpaired) electrons. The van der Waals surface area contributed by atoms with E-state index in [9.17, 15) is 8.42 Å². The zero-order chi connectivity index (χ0) is 14.6. The standard InChI is InChI=1S/C14H18N2O2S2/c1-11(14-3-2-10-19-14)16-9-8-12-4-6-13(7-5-12)20(15,17)18/h2-7,10-11,16H,8-9H2,1H3,(H2,15,17,18). The van der Waals surface area contributed by atoms with Crippen LogP contribution < -0.4 is 10.5 Å². The molecule has 2 aromatic rings. The molecule has 3 N–H and O–H groups in total. The van der Waals surface area contributed by atoms with Crippen molar-refractivity contribution in [2.45, 2.75) is 24.3 Å². The zero-order valence-corrected chi connectivity index (χ0v) is 12.9. The molecule has 1 heterocycles. The minimum Gasteiger partial charge on any atom is -0.309 e. The lowest BCUT2D eigenvalue weighted by Gasteiger charge is -2.12. The zero-order valence-electron chi connectivity index (χ0n) is 11.2. The second-order valence-corrected chi connectivity index (χ2v) is 7.17. The Labute approximate surface area is 123 Å². The number of hydrogen-bond donors (Lipinski definition) is 2. The van der Waals surface area contributed by atoms with Gasteiger partial charge in [-0.05, 0) is 49.0 Å². The predicted octanol–water partition coefficient (Wildman–Crippen LogP) is 2.29. The van der Waals surface area contributed by atoms with Crippen molar-refractivity contribution in [1.82, 2.24) is 5.32 Å². The molecule has 1 aromatic heterocycles. The summed E-state index contributed by atoms with van der Waals surface area (Å²) < 4.78 is 22.3. The van der Waals surface area contributed by atoms with Crippen molar-refractivity contribution in [2.75, 3.05) is 6.54 Å². The molecule has 1 unspecified atom stereocenters. The molecule has 0 bridgehead atoms. The highest BCUT2D eigenvalue weighted by molar-refractivity contribution is 7.89. The van der Waals surface area contributed by atoms with Crippen LogP contribution in [0, 0.1) is 0 Å². The number of primary sulfonamides is 1. The average Bonchev–Trinajstić information content (AvgIpc) is 2.92. The van der Waals surface area contributed by atoms with Crippen LogP contribution in [0.2, 0.25) is 0 Å². The van der Waals surface area contributed by atoms with Gasteiger partial charge < -0.3 is 5.32 Å². The number of benzene rings is 1. The van der Waals surface area contributed by atoms with E-state index in [1.54, 1.807) is 35.6 Å². The number of rotatable bonds is 6. The van der Waals surface area contributed by atoms with Gasteiger partial charge in [0, 0.05) is 10.9 Å². The van der Waals surface area contributed by atoms with Crippen molar-refractivity contribution in [3.63, 3.8) is 0 Å². The largest absolute Gasteiger partial charge is 0.309 e. The molecule has 0 aliphatic rings. The number of hydrogen-bond acceptors (Lipinski definition) is 4. The molecule has 108 valence electrons. The van der Waals surface area contributed by atoms with E-state index in [-0.39, 0.29) is 4.90 Å². The van der Waals surface area contributed by atoms with E-state index in [1.807, 2.05) is 6.07 Å². The lowest BCUT2D eigenvalue weighted by atomic mass is 10.1. The quantitative estimate of drug-likeness (QED) is 0.860. The van der Waals surface area contributed by atoms with E-state index in [2.05, 4.69) is 23.7 Å². The normalized spacial score (nSPS) is 13.3. The molecule has 0 aliphatic heterocycles. The highest BCUT2D eigenvalue weighted by Crippen LogP contribution is 2.18. The molecule has 0 fully saturated rings. The maximum atomic E-state index is 11.1. The smallest absolute Gasteiger partial charge is 0.238 e. The predicted molar refractivity (Wildman–Crippen MR) is 82.3 cm³/mol. The third-order valence-electron chi connectivity index (χ3n) is 3.09. The summed E-state index contributed by atoms with van der Waals surface area (Å²) >= 11 is 1.74. The minimum atomic E-state index is -3.60. The summed E-state index contributed by atoms with van der Waals surface area (Å²) in [5, 5.41) is 10.6. The third kappa shape index (κ3) is 4.14. The Balaban J connectivity index is 1.86. The molecular formula is C14H18N2O2S2. The molecule has 0 spiro atoms. The highest BCUT2D eigenvalue weighted by Gasteiger charge is 2.07. The first kappa shape index (κ1) is 15.2. The number of thiophene rings is 1. The van der Waals surface area contributed by atoms with Crippen LogP contribution >= 0.6 is 11.3 Å². The van der Waals surface area contributed by atoms with Crippen molar-refractivity contribution >= 4 is 21.4 Å². The summed E-state index contributed by atoms with van der Waals surface area (Å²) in [4.78, 5) is 1.47. The van der Waals surface area contributed by atoms with Gasteiger partial charge in [0.15, 0.2) is 0 Å². The van der Waals surface area contributed by atoms with Gasteiger partial charge in [-0.25, -0.2) is 13.6 Å². The van der Waals surface area contributed by atoms with Gasteiger partial charge in [0.05, 0.1) is 4.90 Å². The van der Waals surface area contributed by atoms with Crippen molar-refractivity contribution in [1.29, 1.82) is 0 Å². The Morgan fingerprint density at radius 2 is 1.95 bits per heavy atom. The third-order valence-corrected chi connectivity index (χ3v) is 5.07. The maximum absolute atomic E-state index is 11.1. The topological polar surface area (TPSA) is 72.2 Å². The molecule has 1 aromatic carbocycles. The van der Waals surface area contributed by atoms with Gasteiger partial charge in [-0.15, -0.1) is 11.3 Å². The first-order chi connectivity index (χ1) is 9.47. The molecule has 20 heavy (non-hydrogen) atoms. The molecular weight excluding hydrogens is 292 g/mol. The Morgan fingerprint density at radius 1 is 1.25 bits per heavy atom. The van der Waals surface area contributed by atoms with Crippen LogP contribution in [0.4, 0.5) is 0 Å². The van der Waals surface area contributed by atoms with Gasteiger partial charge in [-0.2, -0.15) is 0 Å². The van der Waals surface area contributed by atoms with E-state index < -0.39 is 10.0 Å². The van der Waals surface area contributed by atoms with Gasteiger partial charge in [0.25, 0.3) is 0 Å². The lowest BCUT2D eigenvalue weighted by molar-refractivity contribution is 0.584. The maximum Gasteiger partial charge on any atom is 0.238 e. The van der Waals surface area contributed by atoms with Crippen molar-refractivity contribution < 1.29 is 8.42 Å². The molecule has 0 saturated carbocycles. The Hall–Kier alpha value is -1.21. The Kier molecular flexibility index (Phi) is 4.93. The molecule has 2 rings (SSSR count). The fourth-order valence-electron chi connectivity index (χ4n) is 1.92. The van der Waals surface area contributed by atoms with Crippen LogP contribution in [0.5, 0.6) is 0 Å². The van der Waals surface area contributed by atoms with Gasteiger partial charge in [0.2, 0.25) is 10.0 Å². The van der Waals surface area contributed by atoms with Gasteiger partial charge in [-0.1, -0.05) is 18.2 Å². The number of sulfonamides is 1. The molecule has 1 atom stereocenters. The summed E-state index contributed by atoms with van der Waals surface area (Å²) in [6.45, 7) is 2.98. The second-order valence-electron chi connectivity index (χ2n) is 4.63. The lowest BCUT2D eigenvalue weighted by Crippen LogP contribution is -2.20. The molecule has 6 heteroatoms. The molecule has 0 saturated heterocycles. The first-order valence-electron chi connectivity index (χ1n) is 6.35. The van der Waals surface area contributed by atoms with Crippen LogP contribution in [0.15, 0.2) is 46.7 Å². The number of nitrogens with two attached hydrogens (primary N) is 1. The number of nitrogens with one attached hydrogen (secondary N) is 1. The summed E-state index contributed by atoms with van der Waals surface area (Å²) in [5.74, 6) is 0. The van der Waals surface area contributed by atoms with Crippen LogP contribution in [-0.4, -0.2) is 15.0 Å². The van der Waals surface area contributed by atoms with E-state index in [0.717, 1.165) is 18.5 Å². The Bertz CT molecular complexity index is 634. The van der Waals surface area contributed by atoms with E-state index in [4.69, 9.17) is 5.14 Å².